The molecule has 0 radical (unpaired) electrons. The summed E-state index contributed by atoms with van der Waals surface area (Å²) in [6.45, 7) is 0. The van der Waals surface area contributed by atoms with Gasteiger partial charge in [-0.2, -0.15) is 5.21 Å². The summed E-state index contributed by atoms with van der Waals surface area (Å²) in [5.41, 5.74) is 0.595. The number of hydrogen-bond acceptors (Lipinski definition) is 4. The number of aromatic nitrogens is 4. The molecule has 0 saturated carbocycles. The SMILES string of the molecule is O=C(Nc1nn[nH]n1)c1cc(I)ccc1I. The lowest BCUT2D eigenvalue weighted by Crippen LogP contribution is -2.14. The topological polar surface area (TPSA) is 83.6 Å². The Hall–Kier alpha value is -0.780. The summed E-state index contributed by atoms with van der Waals surface area (Å²) in [5, 5.41) is 15.5. The Balaban J connectivity index is 2.24. The van der Waals surface area contributed by atoms with Gasteiger partial charge in [-0.05, 0) is 68.6 Å². The molecule has 0 aliphatic carbocycles. The Kier molecular flexibility index (Phi) is 3.68. The first-order valence-corrected chi connectivity index (χ1v) is 6.32. The van der Waals surface area contributed by atoms with Gasteiger partial charge in [0.2, 0.25) is 0 Å². The van der Waals surface area contributed by atoms with Gasteiger partial charge in [-0.25, -0.2) is 0 Å². The van der Waals surface area contributed by atoms with E-state index in [1.165, 1.54) is 0 Å². The first-order valence-electron chi connectivity index (χ1n) is 4.16. The van der Waals surface area contributed by atoms with E-state index in [1.54, 1.807) is 6.07 Å². The average molecular weight is 441 g/mol. The fourth-order valence-corrected chi connectivity index (χ4v) is 2.13. The van der Waals surface area contributed by atoms with Crippen molar-refractivity contribution in [2.45, 2.75) is 0 Å². The van der Waals surface area contributed by atoms with Gasteiger partial charge in [0.1, 0.15) is 0 Å². The third-order valence-electron chi connectivity index (χ3n) is 1.74. The number of tetrazole rings is 1. The smallest absolute Gasteiger partial charge is 0.270 e. The quantitative estimate of drug-likeness (QED) is 0.696. The van der Waals surface area contributed by atoms with Crippen LogP contribution in [0.1, 0.15) is 10.4 Å². The van der Waals surface area contributed by atoms with E-state index in [-0.39, 0.29) is 11.9 Å². The molecule has 8 heteroatoms. The molecule has 0 spiro atoms. The number of amides is 1. The van der Waals surface area contributed by atoms with Crippen molar-refractivity contribution in [2.24, 2.45) is 0 Å². The Morgan fingerprint density at radius 1 is 1.38 bits per heavy atom. The molecule has 0 unspecified atom stereocenters. The number of nitrogens with one attached hydrogen (secondary N) is 2. The maximum absolute atomic E-state index is 11.8. The van der Waals surface area contributed by atoms with Gasteiger partial charge in [0.15, 0.2) is 0 Å². The van der Waals surface area contributed by atoms with Crippen molar-refractivity contribution in [3.8, 4) is 0 Å². The standard InChI is InChI=1S/C8H5I2N5O/c9-4-1-2-6(10)5(3-4)7(16)11-8-12-14-15-13-8/h1-3H,(H2,11,12,13,14,15,16). The first kappa shape index (κ1) is 11.7. The molecule has 0 atom stereocenters. The molecule has 0 bridgehead atoms. The van der Waals surface area contributed by atoms with Crippen LogP contribution >= 0.6 is 45.2 Å². The Morgan fingerprint density at radius 2 is 2.19 bits per heavy atom. The number of rotatable bonds is 2. The van der Waals surface area contributed by atoms with Crippen molar-refractivity contribution < 1.29 is 4.79 Å². The van der Waals surface area contributed by atoms with Gasteiger partial charge >= 0.3 is 0 Å². The molecule has 16 heavy (non-hydrogen) atoms. The van der Waals surface area contributed by atoms with Gasteiger partial charge in [0, 0.05) is 7.14 Å². The number of carbonyl (C=O) groups is 1. The lowest BCUT2D eigenvalue weighted by molar-refractivity contribution is 0.102. The molecule has 1 amide bonds. The minimum absolute atomic E-state index is 0.166. The summed E-state index contributed by atoms with van der Waals surface area (Å²) in [6, 6.07) is 5.62. The van der Waals surface area contributed by atoms with Crippen LogP contribution in [0, 0.1) is 7.14 Å². The third-order valence-corrected chi connectivity index (χ3v) is 3.36. The molecule has 0 saturated heterocycles. The number of benzene rings is 1. The van der Waals surface area contributed by atoms with E-state index in [9.17, 15) is 4.79 Å². The fourth-order valence-electron chi connectivity index (χ4n) is 1.06. The van der Waals surface area contributed by atoms with Gasteiger partial charge in [-0.3, -0.25) is 10.1 Å². The van der Waals surface area contributed by atoms with Crippen LogP contribution in [-0.2, 0) is 0 Å². The van der Waals surface area contributed by atoms with Gasteiger partial charge in [0.05, 0.1) is 5.56 Å². The monoisotopic (exact) mass is 441 g/mol. The molecule has 0 aliphatic heterocycles. The summed E-state index contributed by atoms with van der Waals surface area (Å²) in [4.78, 5) is 11.8. The molecule has 2 rings (SSSR count). The third kappa shape index (κ3) is 2.66. The predicted octanol–water partition coefficient (Wildman–Crippen LogP) is 1.66. The van der Waals surface area contributed by atoms with Crippen molar-refractivity contribution in [3.05, 3.63) is 30.9 Å². The number of hydrogen-bond donors (Lipinski definition) is 2. The second kappa shape index (κ2) is 5.03. The Bertz CT molecular complexity index is 513. The summed E-state index contributed by atoms with van der Waals surface area (Å²) >= 11 is 4.26. The highest BCUT2D eigenvalue weighted by Gasteiger charge is 2.12. The van der Waals surface area contributed by atoms with Crippen LogP contribution in [0.5, 0.6) is 0 Å². The van der Waals surface area contributed by atoms with Crippen LogP contribution in [0.25, 0.3) is 0 Å². The van der Waals surface area contributed by atoms with Crippen LogP contribution in [0.2, 0.25) is 0 Å². The van der Waals surface area contributed by atoms with E-state index in [0.29, 0.717) is 5.56 Å². The summed E-state index contributed by atoms with van der Waals surface area (Å²) in [5.74, 6) is -0.0797. The van der Waals surface area contributed by atoms with E-state index in [0.717, 1.165) is 7.14 Å². The number of aromatic amines is 1. The van der Waals surface area contributed by atoms with Gasteiger partial charge in [0.25, 0.3) is 11.9 Å². The molecular formula is C8H5I2N5O. The van der Waals surface area contributed by atoms with Crippen molar-refractivity contribution in [3.63, 3.8) is 0 Å². The summed E-state index contributed by atoms with van der Waals surface area (Å²) < 4.78 is 1.87. The number of H-pyrrole nitrogens is 1. The summed E-state index contributed by atoms with van der Waals surface area (Å²) in [6.07, 6.45) is 0. The van der Waals surface area contributed by atoms with Crippen molar-refractivity contribution in [2.75, 3.05) is 5.32 Å². The molecule has 2 N–H and O–H groups in total. The van der Waals surface area contributed by atoms with E-state index in [2.05, 4.69) is 71.1 Å². The fraction of sp³-hybridized carbons (Fsp3) is 0. The highest BCUT2D eigenvalue weighted by Crippen LogP contribution is 2.16. The van der Waals surface area contributed by atoms with Crippen molar-refractivity contribution in [1.29, 1.82) is 0 Å². The van der Waals surface area contributed by atoms with Gasteiger partial charge in [-0.1, -0.05) is 5.10 Å². The molecule has 2 aromatic rings. The molecule has 6 nitrogen and oxygen atoms in total. The number of halogens is 2. The molecule has 82 valence electrons. The second-order valence-corrected chi connectivity index (χ2v) is 5.22. The average Bonchev–Trinajstić information content (AvgIpc) is 2.74. The molecule has 0 aliphatic rings. The van der Waals surface area contributed by atoms with E-state index in [4.69, 9.17) is 0 Å². The highest BCUT2D eigenvalue weighted by molar-refractivity contribution is 14.1. The summed E-state index contributed by atoms with van der Waals surface area (Å²) in [7, 11) is 0. The lowest BCUT2D eigenvalue weighted by Gasteiger charge is -2.03. The number of anilines is 1. The van der Waals surface area contributed by atoms with Crippen LogP contribution in [-0.4, -0.2) is 26.5 Å². The van der Waals surface area contributed by atoms with Crippen molar-refractivity contribution in [1.82, 2.24) is 20.6 Å². The predicted molar refractivity (Wildman–Crippen MR) is 74.0 cm³/mol. The number of carbonyl (C=O) groups excluding carboxylic acids is 1. The minimum atomic E-state index is -0.246. The van der Waals surface area contributed by atoms with Crippen LogP contribution < -0.4 is 5.32 Å². The largest absolute Gasteiger partial charge is 0.288 e. The maximum Gasteiger partial charge on any atom is 0.270 e. The van der Waals surface area contributed by atoms with Crippen LogP contribution in [0.4, 0.5) is 5.95 Å². The highest BCUT2D eigenvalue weighted by atomic mass is 127. The molecule has 1 aromatic heterocycles. The lowest BCUT2D eigenvalue weighted by atomic mass is 10.2. The first-order chi connectivity index (χ1) is 7.66. The van der Waals surface area contributed by atoms with E-state index < -0.39 is 0 Å². The normalized spacial score (nSPS) is 10.1. The molecule has 1 heterocycles. The zero-order valence-corrected chi connectivity index (χ0v) is 12.1. The van der Waals surface area contributed by atoms with Crippen LogP contribution in [0.3, 0.4) is 0 Å². The zero-order valence-electron chi connectivity index (χ0n) is 7.74. The number of nitrogens with zero attached hydrogens (tertiary/aromatic N) is 3. The molecule has 0 fully saturated rings. The second-order valence-electron chi connectivity index (χ2n) is 2.81. The van der Waals surface area contributed by atoms with E-state index >= 15 is 0 Å². The zero-order chi connectivity index (χ0) is 11.5. The van der Waals surface area contributed by atoms with Gasteiger partial charge < -0.3 is 0 Å². The Labute approximate surface area is 118 Å². The molecular weight excluding hydrogens is 436 g/mol. The minimum Gasteiger partial charge on any atom is -0.288 e. The van der Waals surface area contributed by atoms with Gasteiger partial charge in [-0.15, -0.1) is 5.10 Å². The van der Waals surface area contributed by atoms with Crippen molar-refractivity contribution >= 4 is 57.0 Å². The molecule has 1 aromatic carbocycles. The van der Waals surface area contributed by atoms with E-state index in [1.807, 2.05) is 12.1 Å². The maximum atomic E-state index is 11.8. The van der Waals surface area contributed by atoms with Crippen LogP contribution in [0.15, 0.2) is 18.2 Å². The Morgan fingerprint density at radius 3 is 2.88 bits per heavy atom.